The van der Waals surface area contributed by atoms with Crippen LogP contribution >= 0.6 is 0 Å². The Labute approximate surface area is 295 Å². The van der Waals surface area contributed by atoms with Crippen LogP contribution in [0.1, 0.15) is 58.4 Å². The third-order valence-corrected chi connectivity index (χ3v) is 7.82. The smallest absolute Gasteiger partial charge is 0.216 e. The molecule has 4 aromatic heterocycles. The first kappa shape index (κ1) is 29.9. The SMILES string of the molecule is Cc1ccc(-c2[c-]cccc2)nc1.[2H]C([2H])([2H])c1ccc2c(n1)oc1c(-c3cc(Cc4ccc(CC(C)(C)C)cc4)c(C)cn3)[c-]ccc12.[Ir]. The molecule has 0 amide bonds. The van der Waals surface area contributed by atoms with Crippen LogP contribution in [0.25, 0.3) is 44.6 Å². The predicted octanol–water partition coefficient (Wildman–Crippen LogP) is 10.5. The van der Waals surface area contributed by atoms with E-state index in [0.717, 1.165) is 51.7 Å². The van der Waals surface area contributed by atoms with Gasteiger partial charge in [0.15, 0.2) is 0 Å². The summed E-state index contributed by atoms with van der Waals surface area (Å²) < 4.78 is 29.1. The number of pyridine rings is 3. The third-order valence-electron chi connectivity index (χ3n) is 7.82. The van der Waals surface area contributed by atoms with E-state index in [4.69, 9.17) is 8.53 Å². The van der Waals surface area contributed by atoms with Gasteiger partial charge in [-0.1, -0.05) is 74.2 Å². The van der Waals surface area contributed by atoms with Crippen LogP contribution in [0.3, 0.4) is 0 Å². The molecule has 0 N–H and O–H groups in total. The van der Waals surface area contributed by atoms with E-state index < -0.39 is 6.85 Å². The Morgan fingerprint density at radius 1 is 0.787 bits per heavy atom. The Morgan fingerprint density at radius 2 is 1.57 bits per heavy atom. The quantitative estimate of drug-likeness (QED) is 0.163. The van der Waals surface area contributed by atoms with Crippen molar-refractivity contribution < 1.29 is 28.6 Å². The Balaban J connectivity index is 0.000000291. The van der Waals surface area contributed by atoms with Crippen LogP contribution in [-0.4, -0.2) is 15.0 Å². The summed E-state index contributed by atoms with van der Waals surface area (Å²) in [5, 5.41) is 1.64. The molecule has 4 heterocycles. The van der Waals surface area contributed by atoms with Crippen molar-refractivity contribution in [3.05, 3.63) is 149 Å². The maximum atomic E-state index is 7.66. The number of aryl methyl sites for hydroxylation is 3. The molecule has 1 radical (unpaired) electrons. The second-order valence-electron chi connectivity index (χ2n) is 13.0. The summed E-state index contributed by atoms with van der Waals surface area (Å²) in [4.78, 5) is 13.3. The summed E-state index contributed by atoms with van der Waals surface area (Å²) in [6.45, 7) is 8.58. The van der Waals surface area contributed by atoms with Crippen molar-refractivity contribution in [1.29, 1.82) is 0 Å². The molecule has 0 spiro atoms. The molecule has 0 atom stereocenters. The minimum atomic E-state index is -2.29. The zero-order valence-electron chi connectivity index (χ0n) is 30.3. The van der Waals surface area contributed by atoms with Gasteiger partial charge in [0.05, 0.1) is 5.58 Å². The van der Waals surface area contributed by atoms with Crippen molar-refractivity contribution in [2.24, 2.45) is 5.41 Å². The van der Waals surface area contributed by atoms with Crippen molar-refractivity contribution in [1.82, 2.24) is 15.0 Å². The summed E-state index contributed by atoms with van der Waals surface area (Å²) >= 11 is 0. The van der Waals surface area contributed by atoms with E-state index in [9.17, 15) is 0 Å². The van der Waals surface area contributed by atoms with E-state index in [1.165, 1.54) is 28.3 Å². The topological polar surface area (TPSA) is 51.8 Å². The summed E-state index contributed by atoms with van der Waals surface area (Å²) in [5.41, 5.74) is 10.8. The molecule has 0 fully saturated rings. The third kappa shape index (κ3) is 8.29. The van der Waals surface area contributed by atoms with Crippen molar-refractivity contribution in [2.75, 3.05) is 0 Å². The van der Waals surface area contributed by atoms with E-state index >= 15 is 0 Å². The number of hydrogen-bond donors (Lipinski definition) is 0. The summed E-state index contributed by atoms with van der Waals surface area (Å²) in [5.74, 6) is 0. The molecule has 3 aromatic carbocycles. The van der Waals surface area contributed by atoms with E-state index in [-0.39, 0.29) is 31.2 Å². The average Bonchev–Trinajstić information content (AvgIpc) is 3.45. The van der Waals surface area contributed by atoms with Gasteiger partial charge in [0.1, 0.15) is 0 Å². The summed E-state index contributed by atoms with van der Waals surface area (Å²) in [7, 11) is 0. The summed E-state index contributed by atoms with van der Waals surface area (Å²) in [6.07, 6.45) is 5.61. The Morgan fingerprint density at radius 3 is 2.28 bits per heavy atom. The summed E-state index contributed by atoms with van der Waals surface area (Å²) in [6, 6.07) is 36.4. The fourth-order valence-corrected chi connectivity index (χ4v) is 5.49. The van der Waals surface area contributed by atoms with Gasteiger partial charge in [0.25, 0.3) is 0 Å². The monoisotopic (exact) mass is 797 g/mol. The maximum Gasteiger partial charge on any atom is 0.216 e. The molecule has 7 rings (SSSR count). The number of aromatic nitrogens is 3. The van der Waals surface area contributed by atoms with Crippen molar-refractivity contribution >= 4 is 22.1 Å². The van der Waals surface area contributed by atoms with Crippen LogP contribution in [0, 0.1) is 38.2 Å². The number of benzene rings is 3. The van der Waals surface area contributed by atoms with Crippen molar-refractivity contribution in [2.45, 2.75) is 54.3 Å². The molecule has 0 aliphatic carbocycles. The van der Waals surface area contributed by atoms with Gasteiger partial charge in [0.2, 0.25) is 5.71 Å². The minimum Gasteiger partial charge on any atom is -0.486 e. The Hall–Kier alpha value is -4.44. The van der Waals surface area contributed by atoms with Gasteiger partial charge in [-0.25, -0.2) is 4.98 Å². The van der Waals surface area contributed by atoms with Gasteiger partial charge >= 0.3 is 0 Å². The molecular weight excluding hydrogens is 755 g/mol. The first-order valence-corrected chi connectivity index (χ1v) is 15.5. The van der Waals surface area contributed by atoms with Crippen LogP contribution in [0.5, 0.6) is 0 Å². The molecule has 0 aliphatic heterocycles. The van der Waals surface area contributed by atoms with Gasteiger partial charge in [-0.3, -0.25) is 0 Å². The molecule has 0 saturated heterocycles. The van der Waals surface area contributed by atoms with Gasteiger partial charge < -0.3 is 14.4 Å². The second kappa shape index (κ2) is 14.5. The van der Waals surface area contributed by atoms with Gasteiger partial charge in [-0.2, -0.15) is 0 Å². The molecule has 5 heteroatoms. The van der Waals surface area contributed by atoms with E-state index in [0.29, 0.717) is 11.3 Å². The first-order valence-electron chi connectivity index (χ1n) is 17.0. The number of rotatable bonds is 5. The van der Waals surface area contributed by atoms with Crippen LogP contribution < -0.4 is 0 Å². The molecule has 0 saturated carbocycles. The molecular formula is C42H39IrN3O-2. The largest absolute Gasteiger partial charge is 0.486 e. The normalized spacial score (nSPS) is 12.4. The number of hydrogen-bond acceptors (Lipinski definition) is 4. The fraction of sp³-hybridized carbons (Fsp3) is 0.214. The van der Waals surface area contributed by atoms with Crippen LogP contribution in [0.4, 0.5) is 0 Å². The first-order chi connectivity index (χ1) is 23.3. The Kier molecular flexibility index (Phi) is 9.26. The second-order valence-corrected chi connectivity index (χ2v) is 13.0. The van der Waals surface area contributed by atoms with E-state index in [1.54, 1.807) is 6.07 Å². The molecule has 4 nitrogen and oxygen atoms in total. The molecule has 7 aromatic rings. The van der Waals surface area contributed by atoms with Gasteiger partial charge in [-0.15, -0.1) is 54.1 Å². The fourth-order valence-electron chi connectivity index (χ4n) is 5.49. The Bertz CT molecular complexity index is 2200. The zero-order chi connectivity index (χ0) is 34.8. The van der Waals surface area contributed by atoms with Crippen molar-refractivity contribution in [3.63, 3.8) is 0 Å². The van der Waals surface area contributed by atoms with Gasteiger partial charge in [-0.05, 0) is 90.3 Å². The molecule has 0 aliphatic rings. The van der Waals surface area contributed by atoms with Gasteiger partial charge in [0, 0.05) is 47.7 Å². The molecule has 239 valence electrons. The standard InChI is InChI=1S/C30H29N2O.C12H10N.Ir/c1-19-18-31-27(16-23(19)15-21-10-12-22(13-11-21)17-30(3,4)5)26-8-6-7-24-25-14-9-20(2)32-29(25)33-28(24)26;1-10-7-8-12(13-9-10)11-5-3-2-4-6-11;/h6-7,9-14,16,18H,15,17H2,1-5H3;2-5,7-9H,1H3;/q2*-1;/i2D3;;. The number of fused-ring (bicyclic) bond motifs is 3. The molecule has 47 heavy (non-hydrogen) atoms. The average molecular weight is 797 g/mol. The van der Waals surface area contributed by atoms with Crippen LogP contribution in [0.15, 0.2) is 108 Å². The van der Waals surface area contributed by atoms with Crippen LogP contribution in [0.2, 0.25) is 0 Å². The molecule has 0 unspecified atom stereocenters. The number of nitrogens with zero attached hydrogens (tertiary/aromatic N) is 3. The maximum absolute atomic E-state index is 7.66. The predicted molar refractivity (Wildman–Crippen MR) is 189 cm³/mol. The zero-order valence-corrected chi connectivity index (χ0v) is 29.7. The molecule has 0 bridgehead atoms. The van der Waals surface area contributed by atoms with Crippen LogP contribution in [-0.2, 0) is 32.9 Å². The van der Waals surface area contributed by atoms with Crippen molar-refractivity contribution in [3.8, 4) is 22.5 Å². The van der Waals surface area contributed by atoms with E-state index in [2.05, 4.69) is 91.2 Å². The number of furan rings is 1. The van der Waals surface area contributed by atoms with E-state index in [1.807, 2.05) is 61.8 Å². The minimum absolute atomic E-state index is 0.